The molecular formula is C14H33NO5S. The minimum Gasteiger partial charge on any atom is -0.394 e. The van der Waals surface area contributed by atoms with Gasteiger partial charge in [0, 0.05) is 0 Å². The van der Waals surface area contributed by atoms with Gasteiger partial charge in [-0.2, -0.15) is 8.42 Å². The molecule has 1 unspecified atom stereocenters. The van der Waals surface area contributed by atoms with Gasteiger partial charge in [0.05, 0.1) is 6.61 Å². The summed E-state index contributed by atoms with van der Waals surface area (Å²) in [7, 11) is -4.46. The summed E-state index contributed by atoms with van der Waals surface area (Å²) < 4.78 is 33.9. The van der Waals surface area contributed by atoms with Crippen molar-refractivity contribution in [3.8, 4) is 0 Å². The van der Waals surface area contributed by atoms with Crippen molar-refractivity contribution in [3.63, 3.8) is 0 Å². The summed E-state index contributed by atoms with van der Waals surface area (Å²) in [4.78, 5) is 0. The minimum atomic E-state index is -4.46. The molecule has 0 heterocycles. The average Bonchev–Trinajstić information content (AvgIpc) is 2.38. The molecule has 0 bridgehead atoms. The highest BCUT2D eigenvalue weighted by Gasteiger charge is 2.15. The Balaban J connectivity index is 0. The number of unbranched alkanes of at least 4 members (excludes halogenated alkanes) is 9. The Labute approximate surface area is 129 Å². The third kappa shape index (κ3) is 17.7. The number of aliphatic hydroxyl groups is 1. The Kier molecular flexibility index (Phi) is 16.2. The van der Waals surface area contributed by atoms with Crippen molar-refractivity contribution in [2.24, 2.45) is 0 Å². The van der Waals surface area contributed by atoms with Gasteiger partial charge in [0.1, 0.15) is 6.10 Å². The molecular weight excluding hydrogens is 294 g/mol. The molecule has 0 spiro atoms. The van der Waals surface area contributed by atoms with E-state index in [1.54, 1.807) is 0 Å². The maximum Gasteiger partial charge on any atom is 0.397 e. The minimum absolute atomic E-state index is 0. The summed E-state index contributed by atoms with van der Waals surface area (Å²) in [6.45, 7) is 1.82. The van der Waals surface area contributed by atoms with Crippen molar-refractivity contribution < 1.29 is 22.3 Å². The molecule has 0 saturated heterocycles. The van der Waals surface area contributed by atoms with Crippen LogP contribution in [0, 0.1) is 0 Å². The number of aliphatic hydroxyl groups excluding tert-OH is 1. The summed E-state index contributed by atoms with van der Waals surface area (Å²) in [5.41, 5.74) is 0. The molecule has 0 radical (unpaired) electrons. The summed E-state index contributed by atoms with van der Waals surface area (Å²) in [6, 6.07) is 0. The van der Waals surface area contributed by atoms with Crippen LogP contribution in [0.3, 0.4) is 0 Å². The van der Waals surface area contributed by atoms with E-state index in [2.05, 4.69) is 11.1 Å². The van der Waals surface area contributed by atoms with Crippen LogP contribution in [0.1, 0.15) is 77.6 Å². The molecule has 0 fully saturated rings. The molecule has 0 aromatic carbocycles. The Bertz CT molecular complexity index is 308. The molecule has 0 aliphatic rings. The smallest absolute Gasteiger partial charge is 0.394 e. The quantitative estimate of drug-likeness (QED) is 0.331. The van der Waals surface area contributed by atoms with Gasteiger partial charge in [-0.05, 0) is 6.42 Å². The lowest BCUT2D eigenvalue weighted by atomic mass is 10.0. The largest absolute Gasteiger partial charge is 0.397 e. The zero-order valence-corrected chi connectivity index (χ0v) is 14.1. The van der Waals surface area contributed by atoms with E-state index < -0.39 is 23.1 Å². The maximum absolute atomic E-state index is 10.5. The third-order valence-electron chi connectivity index (χ3n) is 3.34. The second-order valence-electron chi connectivity index (χ2n) is 5.30. The second-order valence-corrected chi connectivity index (χ2v) is 6.35. The van der Waals surface area contributed by atoms with Gasteiger partial charge in [-0.25, -0.2) is 4.18 Å². The predicted molar refractivity (Wildman–Crippen MR) is 85.0 cm³/mol. The van der Waals surface area contributed by atoms with Crippen molar-refractivity contribution in [1.82, 2.24) is 6.15 Å². The molecule has 21 heavy (non-hydrogen) atoms. The topological polar surface area (TPSA) is 119 Å². The van der Waals surface area contributed by atoms with Crippen LogP contribution >= 0.6 is 0 Å². The highest BCUT2D eigenvalue weighted by atomic mass is 32.3. The third-order valence-corrected chi connectivity index (χ3v) is 3.86. The summed E-state index contributed by atoms with van der Waals surface area (Å²) >= 11 is 0. The maximum atomic E-state index is 10.5. The second kappa shape index (κ2) is 14.7. The van der Waals surface area contributed by atoms with E-state index in [1.807, 2.05) is 0 Å². The fourth-order valence-electron chi connectivity index (χ4n) is 2.20. The zero-order valence-electron chi connectivity index (χ0n) is 13.3. The van der Waals surface area contributed by atoms with Crippen LogP contribution in [0.25, 0.3) is 0 Å². The van der Waals surface area contributed by atoms with E-state index in [9.17, 15) is 8.42 Å². The van der Waals surface area contributed by atoms with Crippen LogP contribution in [0.5, 0.6) is 0 Å². The predicted octanol–water partition coefficient (Wildman–Crippen LogP) is 3.64. The Morgan fingerprint density at radius 3 is 1.71 bits per heavy atom. The summed E-state index contributed by atoms with van der Waals surface area (Å²) in [5.74, 6) is 0. The first-order valence-corrected chi connectivity index (χ1v) is 9.12. The Hall–Kier alpha value is -0.210. The van der Waals surface area contributed by atoms with Crippen molar-refractivity contribution >= 4 is 10.4 Å². The van der Waals surface area contributed by atoms with Gasteiger partial charge >= 0.3 is 10.4 Å². The SMILES string of the molecule is CCCCCCCCCCCCC(CO)OS(=O)(=O)O.N. The van der Waals surface area contributed by atoms with E-state index in [1.165, 1.54) is 44.9 Å². The van der Waals surface area contributed by atoms with Crippen LogP contribution < -0.4 is 6.15 Å². The first-order chi connectivity index (χ1) is 9.49. The molecule has 0 amide bonds. The van der Waals surface area contributed by atoms with Crippen LogP contribution in [0.4, 0.5) is 0 Å². The highest BCUT2D eigenvalue weighted by Crippen LogP contribution is 2.13. The van der Waals surface area contributed by atoms with Crippen LogP contribution in [0.15, 0.2) is 0 Å². The van der Waals surface area contributed by atoms with Crippen molar-refractivity contribution in [2.75, 3.05) is 6.61 Å². The molecule has 7 heteroatoms. The molecule has 0 aliphatic heterocycles. The summed E-state index contributed by atoms with van der Waals surface area (Å²) in [5, 5.41) is 8.93. The number of hydrogen-bond acceptors (Lipinski definition) is 5. The van der Waals surface area contributed by atoms with Gasteiger partial charge in [0.25, 0.3) is 0 Å². The van der Waals surface area contributed by atoms with Gasteiger partial charge in [0.15, 0.2) is 0 Å². The van der Waals surface area contributed by atoms with Crippen LogP contribution in [-0.2, 0) is 14.6 Å². The Morgan fingerprint density at radius 1 is 0.905 bits per heavy atom. The molecule has 0 aromatic rings. The average molecular weight is 327 g/mol. The number of hydrogen-bond donors (Lipinski definition) is 3. The Morgan fingerprint density at radius 2 is 1.33 bits per heavy atom. The molecule has 0 aliphatic carbocycles. The van der Waals surface area contributed by atoms with Gasteiger partial charge in [0.2, 0.25) is 0 Å². The van der Waals surface area contributed by atoms with Gasteiger partial charge in [-0.1, -0.05) is 71.1 Å². The molecule has 5 N–H and O–H groups in total. The highest BCUT2D eigenvalue weighted by molar-refractivity contribution is 7.80. The molecule has 0 rings (SSSR count). The standard InChI is InChI=1S/C14H30O5S.H3N/c1-2-3-4-5-6-7-8-9-10-11-12-14(13-15)19-20(16,17)18;/h14-15H,2-13H2,1H3,(H,16,17,18);1H3. The lowest BCUT2D eigenvalue weighted by Crippen LogP contribution is -2.21. The first kappa shape index (κ1) is 23.1. The van der Waals surface area contributed by atoms with E-state index in [0.717, 1.165) is 19.3 Å². The molecule has 1 atom stereocenters. The van der Waals surface area contributed by atoms with Crippen LogP contribution in [0.2, 0.25) is 0 Å². The van der Waals surface area contributed by atoms with Gasteiger partial charge < -0.3 is 11.3 Å². The molecule has 130 valence electrons. The number of rotatable bonds is 14. The van der Waals surface area contributed by atoms with Gasteiger partial charge in [-0.3, -0.25) is 4.55 Å². The van der Waals surface area contributed by atoms with Crippen molar-refractivity contribution in [1.29, 1.82) is 0 Å². The van der Waals surface area contributed by atoms with Gasteiger partial charge in [-0.15, -0.1) is 0 Å². The van der Waals surface area contributed by atoms with Crippen molar-refractivity contribution in [3.05, 3.63) is 0 Å². The van der Waals surface area contributed by atoms with Crippen molar-refractivity contribution in [2.45, 2.75) is 83.7 Å². The molecule has 0 saturated carbocycles. The zero-order chi connectivity index (χ0) is 15.3. The van der Waals surface area contributed by atoms with E-state index in [4.69, 9.17) is 9.66 Å². The molecule has 6 nitrogen and oxygen atoms in total. The lowest BCUT2D eigenvalue weighted by molar-refractivity contribution is 0.0990. The van der Waals surface area contributed by atoms with Crippen LogP contribution in [-0.4, -0.2) is 30.8 Å². The molecule has 0 aromatic heterocycles. The van der Waals surface area contributed by atoms with E-state index in [-0.39, 0.29) is 6.15 Å². The summed E-state index contributed by atoms with van der Waals surface area (Å²) in [6.07, 6.45) is 11.6. The first-order valence-electron chi connectivity index (χ1n) is 7.76. The fourth-order valence-corrected chi connectivity index (χ4v) is 2.70. The monoisotopic (exact) mass is 327 g/mol. The van der Waals surface area contributed by atoms with E-state index >= 15 is 0 Å². The van der Waals surface area contributed by atoms with E-state index in [0.29, 0.717) is 6.42 Å². The fraction of sp³-hybridized carbons (Fsp3) is 1.00. The normalized spacial score (nSPS) is 12.9. The lowest BCUT2D eigenvalue weighted by Gasteiger charge is -2.12.